The minimum Gasteiger partial charge on any atom is -0.396 e. The number of aliphatic hydroxyl groups is 1. The van der Waals surface area contributed by atoms with Gasteiger partial charge in [-0.1, -0.05) is 38.1 Å². The van der Waals surface area contributed by atoms with Crippen molar-refractivity contribution in [2.24, 2.45) is 5.92 Å². The van der Waals surface area contributed by atoms with Crippen LogP contribution < -0.4 is 0 Å². The zero-order chi connectivity index (χ0) is 13.1. The highest BCUT2D eigenvalue weighted by molar-refractivity contribution is 5.78. The largest absolute Gasteiger partial charge is 0.396 e. The van der Waals surface area contributed by atoms with E-state index in [1.807, 2.05) is 4.90 Å². The molecule has 18 heavy (non-hydrogen) atoms. The molecule has 0 bridgehead atoms. The molecular weight excluding hydrogens is 226 g/mol. The number of amides is 1. The van der Waals surface area contributed by atoms with Crippen LogP contribution in [0.5, 0.6) is 0 Å². The lowest BCUT2D eigenvalue weighted by Crippen LogP contribution is -2.24. The summed E-state index contributed by atoms with van der Waals surface area (Å²) in [5.41, 5.74) is 2.48. The first-order valence-electron chi connectivity index (χ1n) is 6.57. The Kier molecular flexibility index (Phi) is 4.02. The van der Waals surface area contributed by atoms with Gasteiger partial charge in [-0.25, -0.2) is 0 Å². The van der Waals surface area contributed by atoms with Gasteiger partial charge >= 0.3 is 0 Å². The predicted octanol–water partition coefficient (Wildman–Crippen LogP) is 2.15. The van der Waals surface area contributed by atoms with E-state index in [2.05, 4.69) is 38.1 Å². The number of carbonyl (C=O) groups excluding carboxylic acids is 1. The van der Waals surface area contributed by atoms with E-state index in [0.717, 1.165) is 5.56 Å². The minimum atomic E-state index is 0.106. The molecule has 0 aromatic heterocycles. The van der Waals surface area contributed by atoms with Gasteiger partial charge in [0.05, 0.1) is 0 Å². The monoisotopic (exact) mass is 247 g/mol. The van der Waals surface area contributed by atoms with Crippen LogP contribution in [0.3, 0.4) is 0 Å². The average Bonchev–Trinajstić information content (AvgIpc) is 2.71. The number of rotatable bonds is 4. The number of benzene rings is 1. The van der Waals surface area contributed by atoms with Crippen molar-refractivity contribution in [2.45, 2.75) is 32.7 Å². The SMILES string of the molecule is CC(C)c1ccc(CN2CC(CO)CC2=O)cc1. The van der Waals surface area contributed by atoms with Gasteiger partial charge in [0.2, 0.25) is 5.91 Å². The molecule has 0 aliphatic carbocycles. The molecule has 1 unspecified atom stereocenters. The van der Waals surface area contributed by atoms with Crippen LogP contribution in [0.2, 0.25) is 0 Å². The highest BCUT2D eigenvalue weighted by atomic mass is 16.3. The number of likely N-dealkylation sites (tertiary alicyclic amines) is 1. The number of aliphatic hydroxyl groups excluding tert-OH is 1. The third kappa shape index (κ3) is 2.91. The molecule has 1 amide bonds. The van der Waals surface area contributed by atoms with Gasteiger partial charge in [0.1, 0.15) is 0 Å². The Bertz CT molecular complexity index is 411. The van der Waals surface area contributed by atoms with E-state index < -0.39 is 0 Å². The van der Waals surface area contributed by atoms with Gasteiger partial charge in [0.25, 0.3) is 0 Å². The Morgan fingerprint density at radius 3 is 2.50 bits per heavy atom. The van der Waals surface area contributed by atoms with Gasteiger partial charge in [-0.2, -0.15) is 0 Å². The van der Waals surface area contributed by atoms with Crippen LogP contribution in [0, 0.1) is 5.92 Å². The van der Waals surface area contributed by atoms with E-state index in [1.165, 1.54) is 5.56 Å². The van der Waals surface area contributed by atoms with Gasteiger partial charge in [-0.15, -0.1) is 0 Å². The first-order chi connectivity index (χ1) is 8.60. The fourth-order valence-corrected chi connectivity index (χ4v) is 2.36. The van der Waals surface area contributed by atoms with Gasteiger partial charge in [-0.05, 0) is 17.0 Å². The lowest BCUT2D eigenvalue weighted by molar-refractivity contribution is -0.128. The maximum absolute atomic E-state index is 11.7. The summed E-state index contributed by atoms with van der Waals surface area (Å²) in [5, 5.41) is 9.09. The average molecular weight is 247 g/mol. The van der Waals surface area contributed by atoms with Crippen LogP contribution in [0.25, 0.3) is 0 Å². The van der Waals surface area contributed by atoms with E-state index in [1.54, 1.807) is 0 Å². The molecule has 0 saturated carbocycles. The van der Waals surface area contributed by atoms with Crippen molar-refractivity contribution < 1.29 is 9.90 Å². The van der Waals surface area contributed by atoms with Crippen LogP contribution in [-0.2, 0) is 11.3 Å². The van der Waals surface area contributed by atoms with Crippen molar-refractivity contribution in [3.8, 4) is 0 Å². The summed E-state index contributed by atoms with van der Waals surface area (Å²) in [5.74, 6) is 0.806. The fourth-order valence-electron chi connectivity index (χ4n) is 2.36. The first-order valence-corrected chi connectivity index (χ1v) is 6.57. The second kappa shape index (κ2) is 5.53. The molecule has 1 N–H and O–H groups in total. The van der Waals surface area contributed by atoms with E-state index >= 15 is 0 Å². The predicted molar refractivity (Wildman–Crippen MR) is 71.1 cm³/mol. The summed E-state index contributed by atoms with van der Waals surface area (Å²) < 4.78 is 0. The second-order valence-corrected chi connectivity index (χ2v) is 5.42. The Balaban J connectivity index is 1.99. The number of hydrogen-bond donors (Lipinski definition) is 1. The van der Waals surface area contributed by atoms with E-state index in [9.17, 15) is 4.79 Å². The highest BCUT2D eigenvalue weighted by Crippen LogP contribution is 2.21. The lowest BCUT2D eigenvalue weighted by atomic mass is 10.0. The van der Waals surface area contributed by atoms with E-state index in [-0.39, 0.29) is 18.4 Å². The Labute approximate surface area is 108 Å². The molecule has 0 spiro atoms. The summed E-state index contributed by atoms with van der Waals surface area (Å²) in [6, 6.07) is 8.44. The molecule has 1 aromatic rings. The molecular formula is C15H21NO2. The molecule has 3 nitrogen and oxygen atoms in total. The third-order valence-corrected chi connectivity index (χ3v) is 3.57. The third-order valence-electron chi connectivity index (χ3n) is 3.57. The second-order valence-electron chi connectivity index (χ2n) is 5.42. The van der Waals surface area contributed by atoms with Crippen molar-refractivity contribution in [3.05, 3.63) is 35.4 Å². The van der Waals surface area contributed by atoms with Crippen molar-refractivity contribution >= 4 is 5.91 Å². The standard InChI is InChI=1S/C15H21NO2/c1-11(2)14-5-3-12(4-6-14)8-16-9-13(10-17)7-15(16)18/h3-6,11,13,17H,7-10H2,1-2H3. The molecule has 1 aromatic carbocycles. The Hall–Kier alpha value is -1.35. The molecule has 1 aliphatic heterocycles. The Morgan fingerprint density at radius 2 is 2.00 bits per heavy atom. The van der Waals surface area contributed by atoms with Crippen LogP contribution in [0.4, 0.5) is 0 Å². The molecule has 1 saturated heterocycles. The number of nitrogens with zero attached hydrogens (tertiary/aromatic N) is 1. The van der Waals surface area contributed by atoms with Gasteiger partial charge in [0, 0.05) is 32.0 Å². The molecule has 1 atom stereocenters. The number of carbonyl (C=O) groups is 1. The van der Waals surface area contributed by atoms with Crippen molar-refractivity contribution in [1.82, 2.24) is 4.90 Å². The van der Waals surface area contributed by atoms with Crippen molar-refractivity contribution in [2.75, 3.05) is 13.2 Å². The quantitative estimate of drug-likeness (QED) is 0.885. The summed E-state index contributed by atoms with van der Waals surface area (Å²) in [7, 11) is 0. The van der Waals surface area contributed by atoms with E-state index in [0.29, 0.717) is 25.4 Å². The lowest BCUT2D eigenvalue weighted by Gasteiger charge is -2.17. The molecule has 98 valence electrons. The van der Waals surface area contributed by atoms with E-state index in [4.69, 9.17) is 5.11 Å². The molecule has 2 rings (SSSR count). The fraction of sp³-hybridized carbons (Fsp3) is 0.533. The number of hydrogen-bond acceptors (Lipinski definition) is 2. The minimum absolute atomic E-state index is 0.106. The normalized spacial score (nSPS) is 19.9. The van der Waals surface area contributed by atoms with Crippen LogP contribution >= 0.6 is 0 Å². The maximum atomic E-state index is 11.7. The molecule has 1 heterocycles. The molecule has 1 aliphatic rings. The van der Waals surface area contributed by atoms with Crippen LogP contribution in [-0.4, -0.2) is 29.1 Å². The van der Waals surface area contributed by atoms with Gasteiger partial charge in [0.15, 0.2) is 0 Å². The molecule has 0 radical (unpaired) electrons. The Morgan fingerprint density at radius 1 is 1.33 bits per heavy atom. The summed E-state index contributed by atoms with van der Waals surface area (Å²) in [6.07, 6.45) is 0.487. The van der Waals surface area contributed by atoms with Crippen molar-refractivity contribution in [1.29, 1.82) is 0 Å². The highest BCUT2D eigenvalue weighted by Gasteiger charge is 2.28. The summed E-state index contributed by atoms with van der Waals surface area (Å²) in [6.45, 7) is 5.79. The van der Waals surface area contributed by atoms with Crippen LogP contribution in [0.1, 0.15) is 37.3 Å². The smallest absolute Gasteiger partial charge is 0.223 e. The zero-order valence-electron chi connectivity index (χ0n) is 11.1. The van der Waals surface area contributed by atoms with Crippen molar-refractivity contribution in [3.63, 3.8) is 0 Å². The summed E-state index contributed by atoms with van der Waals surface area (Å²) >= 11 is 0. The zero-order valence-corrected chi connectivity index (χ0v) is 11.1. The van der Waals surface area contributed by atoms with Gasteiger partial charge < -0.3 is 10.0 Å². The van der Waals surface area contributed by atoms with Crippen LogP contribution in [0.15, 0.2) is 24.3 Å². The first kappa shape index (κ1) is 13.1. The summed E-state index contributed by atoms with van der Waals surface area (Å²) in [4.78, 5) is 13.6. The van der Waals surface area contributed by atoms with Gasteiger partial charge in [-0.3, -0.25) is 4.79 Å². The molecule has 3 heteroatoms. The topological polar surface area (TPSA) is 40.5 Å². The molecule has 1 fully saturated rings. The maximum Gasteiger partial charge on any atom is 0.223 e.